The summed E-state index contributed by atoms with van der Waals surface area (Å²) in [4.78, 5) is 13.8. The van der Waals surface area contributed by atoms with Crippen LogP contribution in [0.15, 0.2) is 71.3 Å². The molecule has 2 amide bonds. The number of nitrogens with one attached hydrogen (secondary N) is 3. The Bertz CT molecular complexity index is 937. The van der Waals surface area contributed by atoms with Gasteiger partial charge in [0.15, 0.2) is 11.8 Å². The molecule has 2 aromatic carbocycles. The lowest BCUT2D eigenvalue weighted by atomic mass is 9.98. The number of quaternary nitrogens is 1. The second-order valence-corrected chi connectivity index (χ2v) is 7.38. The van der Waals surface area contributed by atoms with Crippen molar-refractivity contribution in [2.45, 2.75) is 25.9 Å². The molecule has 1 aliphatic heterocycles. The maximum Gasteiger partial charge on any atom is 0.319 e. The second kappa shape index (κ2) is 8.31. The summed E-state index contributed by atoms with van der Waals surface area (Å²) >= 11 is 0. The molecule has 5 heteroatoms. The molecule has 0 saturated carbocycles. The van der Waals surface area contributed by atoms with Crippen LogP contribution in [-0.4, -0.2) is 19.1 Å². The molecule has 0 saturated heterocycles. The van der Waals surface area contributed by atoms with Gasteiger partial charge in [-0.1, -0.05) is 36.4 Å². The molecule has 0 spiro atoms. The predicted molar refractivity (Wildman–Crippen MR) is 109 cm³/mol. The van der Waals surface area contributed by atoms with E-state index in [-0.39, 0.29) is 12.1 Å². The molecular formula is C23H26N3O2+. The van der Waals surface area contributed by atoms with Crippen LogP contribution in [0.25, 0.3) is 0 Å². The minimum Gasteiger partial charge on any atom is -0.463 e. The molecule has 4 rings (SSSR count). The molecule has 1 aliphatic rings. The Morgan fingerprint density at radius 2 is 1.96 bits per heavy atom. The number of carbonyl (C=O) groups excluding carboxylic acids is 1. The van der Waals surface area contributed by atoms with Gasteiger partial charge in [-0.25, -0.2) is 4.79 Å². The van der Waals surface area contributed by atoms with Crippen LogP contribution in [-0.2, 0) is 13.0 Å². The van der Waals surface area contributed by atoms with Gasteiger partial charge < -0.3 is 20.0 Å². The maximum absolute atomic E-state index is 12.4. The number of furan rings is 1. The minimum atomic E-state index is -0.195. The van der Waals surface area contributed by atoms with E-state index in [9.17, 15) is 4.79 Å². The van der Waals surface area contributed by atoms with Crippen LogP contribution in [0.5, 0.6) is 0 Å². The van der Waals surface area contributed by atoms with Crippen molar-refractivity contribution in [2.75, 3.05) is 18.4 Å². The van der Waals surface area contributed by atoms with Gasteiger partial charge in [-0.3, -0.25) is 0 Å². The zero-order valence-electron chi connectivity index (χ0n) is 16.1. The van der Waals surface area contributed by atoms with Gasteiger partial charge in [0, 0.05) is 17.7 Å². The molecule has 2 heterocycles. The van der Waals surface area contributed by atoms with Gasteiger partial charge in [0.25, 0.3) is 0 Å². The number of benzene rings is 2. The monoisotopic (exact) mass is 376 g/mol. The van der Waals surface area contributed by atoms with E-state index < -0.39 is 0 Å². The van der Waals surface area contributed by atoms with Crippen molar-refractivity contribution in [3.63, 3.8) is 0 Å². The molecule has 1 unspecified atom stereocenters. The third-order valence-electron chi connectivity index (χ3n) is 5.37. The zero-order chi connectivity index (χ0) is 19.3. The Kier molecular flexibility index (Phi) is 5.44. The lowest BCUT2D eigenvalue weighted by Crippen LogP contribution is -3.12. The molecule has 0 radical (unpaired) electrons. The summed E-state index contributed by atoms with van der Waals surface area (Å²) in [6, 6.07) is 20.2. The quantitative estimate of drug-likeness (QED) is 0.641. The molecule has 0 fully saturated rings. The van der Waals surface area contributed by atoms with E-state index >= 15 is 0 Å². The van der Waals surface area contributed by atoms with Crippen molar-refractivity contribution >= 4 is 11.7 Å². The van der Waals surface area contributed by atoms with Crippen LogP contribution in [0.4, 0.5) is 10.5 Å². The highest BCUT2D eigenvalue weighted by Crippen LogP contribution is 2.16. The third-order valence-corrected chi connectivity index (χ3v) is 5.37. The topological polar surface area (TPSA) is 58.7 Å². The fourth-order valence-corrected chi connectivity index (χ4v) is 3.93. The number of rotatable bonds is 5. The predicted octanol–water partition coefficient (Wildman–Crippen LogP) is 3.09. The van der Waals surface area contributed by atoms with Crippen LogP contribution in [0.1, 0.15) is 28.5 Å². The standard InChI is InChI=1S/C23H25N3O2/c1-17-6-4-9-20(14-17)25-23(27)24-15-21(22-10-5-13-28-22)26-12-11-18-7-2-3-8-19(18)16-26/h2-10,13-14,21H,11-12,15-16H2,1H3,(H2,24,25,27)/p+1/t21-/m0/s1. The molecule has 28 heavy (non-hydrogen) atoms. The number of anilines is 1. The minimum absolute atomic E-state index is 0.0756. The Hall–Kier alpha value is -3.05. The first kappa shape index (κ1) is 18.3. The van der Waals surface area contributed by atoms with E-state index in [0.717, 1.165) is 36.5 Å². The fraction of sp³-hybridized carbons (Fsp3) is 0.261. The molecule has 3 N–H and O–H groups in total. The van der Waals surface area contributed by atoms with E-state index in [1.807, 2.05) is 43.3 Å². The number of hydrogen-bond acceptors (Lipinski definition) is 2. The first-order valence-electron chi connectivity index (χ1n) is 9.75. The van der Waals surface area contributed by atoms with Gasteiger partial charge in [0.2, 0.25) is 0 Å². The van der Waals surface area contributed by atoms with Crippen molar-refractivity contribution in [1.82, 2.24) is 5.32 Å². The molecule has 144 valence electrons. The van der Waals surface area contributed by atoms with Gasteiger partial charge in [-0.2, -0.15) is 0 Å². The smallest absolute Gasteiger partial charge is 0.319 e. The highest BCUT2D eigenvalue weighted by atomic mass is 16.3. The van der Waals surface area contributed by atoms with E-state index in [4.69, 9.17) is 4.42 Å². The molecular weight excluding hydrogens is 350 g/mol. The Balaban J connectivity index is 1.43. The number of fused-ring (bicyclic) bond motifs is 1. The summed E-state index contributed by atoms with van der Waals surface area (Å²) in [6.07, 6.45) is 2.74. The summed E-state index contributed by atoms with van der Waals surface area (Å²) in [6.45, 7) is 4.47. The summed E-state index contributed by atoms with van der Waals surface area (Å²) in [5.74, 6) is 0.908. The van der Waals surface area contributed by atoms with E-state index in [1.54, 1.807) is 6.26 Å². The van der Waals surface area contributed by atoms with E-state index in [0.29, 0.717) is 6.54 Å². The van der Waals surface area contributed by atoms with Crippen LogP contribution in [0, 0.1) is 6.92 Å². The highest BCUT2D eigenvalue weighted by Gasteiger charge is 2.30. The second-order valence-electron chi connectivity index (χ2n) is 7.38. The van der Waals surface area contributed by atoms with Crippen molar-refractivity contribution in [1.29, 1.82) is 0 Å². The van der Waals surface area contributed by atoms with Crippen molar-refractivity contribution < 1.29 is 14.1 Å². The average molecular weight is 376 g/mol. The largest absolute Gasteiger partial charge is 0.463 e. The Morgan fingerprint density at radius 1 is 1.11 bits per heavy atom. The molecule has 1 aromatic heterocycles. The lowest BCUT2D eigenvalue weighted by molar-refractivity contribution is -0.946. The van der Waals surface area contributed by atoms with E-state index in [2.05, 4.69) is 34.9 Å². The molecule has 0 aliphatic carbocycles. The molecule has 2 atom stereocenters. The normalized spacial score (nSPS) is 16.8. The van der Waals surface area contributed by atoms with Crippen LogP contribution in [0.3, 0.4) is 0 Å². The van der Waals surface area contributed by atoms with Crippen molar-refractivity contribution in [2.24, 2.45) is 0 Å². The van der Waals surface area contributed by atoms with Gasteiger partial charge in [0.05, 0.1) is 19.4 Å². The Labute approximate surface area is 165 Å². The Morgan fingerprint density at radius 3 is 2.75 bits per heavy atom. The molecule has 5 nitrogen and oxygen atoms in total. The first-order valence-corrected chi connectivity index (χ1v) is 9.75. The van der Waals surface area contributed by atoms with Crippen molar-refractivity contribution in [3.05, 3.63) is 89.4 Å². The summed E-state index contributed by atoms with van der Waals surface area (Å²) < 4.78 is 5.71. The first-order chi connectivity index (χ1) is 13.7. The van der Waals surface area contributed by atoms with Crippen LogP contribution in [0.2, 0.25) is 0 Å². The molecule has 0 bridgehead atoms. The van der Waals surface area contributed by atoms with Crippen molar-refractivity contribution in [3.8, 4) is 0 Å². The molecule has 3 aromatic rings. The lowest BCUT2D eigenvalue weighted by Gasteiger charge is -2.31. The zero-order valence-corrected chi connectivity index (χ0v) is 16.1. The van der Waals surface area contributed by atoms with Gasteiger partial charge in [0.1, 0.15) is 6.54 Å². The number of carbonyl (C=O) groups is 1. The number of amides is 2. The average Bonchev–Trinajstić information content (AvgIpc) is 3.22. The summed E-state index contributed by atoms with van der Waals surface area (Å²) in [5.41, 5.74) is 4.72. The third kappa shape index (κ3) is 4.26. The number of urea groups is 1. The van der Waals surface area contributed by atoms with Crippen LogP contribution < -0.4 is 15.5 Å². The van der Waals surface area contributed by atoms with Gasteiger partial charge in [-0.15, -0.1) is 0 Å². The maximum atomic E-state index is 12.4. The van der Waals surface area contributed by atoms with Gasteiger partial charge in [-0.05, 0) is 42.3 Å². The van der Waals surface area contributed by atoms with Gasteiger partial charge >= 0.3 is 6.03 Å². The highest BCUT2D eigenvalue weighted by molar-refractivity contribution is 5.89. The summed E-state index contributed by atoms with van der Waals surface area (Å²) in [5, 5.41) is 5.94. The van der Waals surface area contributed by atoms with Crippen LogP contribution >= 0.6 is 0 Å². The number of hydrogen-bond donors (Lipinski definition) is 3. The van der Waals surface area contributed by atoms with E-state index in [1.165, 1.54) is 16.0 Å². The number of aryl methyl sites for hydroxylation is 1. The summed E-state index contributed by atoms with van der Waals surface area (Å²) in [7, 11) is 0. The fourth-order valence-electron chi connectivity index (χ4n) is 3.93. The SMILES string of the molecule is Cc1cccc(NC(=O)NC[C@@H](c2ccco2)[NH+]2CCc3ccccc3C2)c1.